The van der Waals surface area contributed by atoms with Gasteiger partial charge in [0.15, 0.2) is 0 Å². The summed E-state index contributed by atoms with van der Waals surface area (Å²) in [5.74, 6) is -0.0625. The van der Waals surface area contributed by atoms with Gasteiger partial charge in [-0.15, -0.1) is 4.36 Å². The molecule has 2 aromatic rings. The van der Waals surface area contributed by atoms with Crippen molar-refractivity contribution in [2.75, 3.05) is 45.0 Å². The fourth-order valence-electron chi connectivity index (χ4n) is 6.99. The van der Waals surface area contributed by atoms with Gasteiger partial charge in [-0.3, -0.25) is 14.3 Å². The lowest BCUT2D eigenvalue weighted by molar-refractivity contribution is -0.147. The van der Waals surface area contributed by atoms with Crippen LogP contribution in [0.4, 0.5) is 5.69 Å². The minimum Gasteiger partial charge on any atom is -0.491 e. The van der Waals surface area contributed by atoms with E-state index < -0.39 is 27.0 Å². The Kier molecular flexibility index (Phi) is 11.7. The van der Waals surface area contributed by atoms with Crippen molar-refractivity contribution in [1.29, 1.82) is 0 Å². The van der Waals surface area contributed by atoms with E-state index in [2.05, 4.69) is 38.3 Å². The number of hydrogen-bond donors (Lipinski definition) is 1. The number of nitrogens with one attached hydrogen (secondary N) is 1. The average molecular weight is 714 g/mol. The first-order valence-electron chi connectivity index (χ1n) is 17.4. The van der Waals surface area contributed by atoms with Gasteiger partial charge in [-0.25, -0.2) is 4.21 Å². The minimum absolute atomic E-state index is 0.0748. The SMILES string of the molecule is CO[C@H]1/C=C/C[C@H](C)[C@@H](C)S(=O)(NC(=O)COC2COC2)=NC(=O)c2ccc3c(c2)N(Cc2ccc(Cl)cc2CCCCO3)C[C@@H]2CC[C@H]21. The van der Waals surface area contributed by atoms with Gasteiger partial charge < -0.3 is 23.8 Å². The van der Waals surface area contributed by atoms with E-state index in [0.717, 1.165) is 44.3 Å². The van der Waals surface area contributed by atoms with Crippen molar-refractivity contribution in [2.24, 2.45) is 22.1 Å². The number of methoxy groups -OCH3 is 1. The summed E-state index contributed by atoms with van der Waals surface area (Å²) in [6.45, 7) is 6.11. The van der Waals surface area contributed by atoms with E-state index in [1.807, 2.05) is 19.1 Å². The van der Waals surface area contributed by atoms with Crippen LogP contribution >= 0.6 is 11.6 Å². The van der Waals surface area contributed by atoms with Crippen LogP contribution in [0.3, 0.4) is 0 Å². The molecule has 2 aromatic carbocycles. The second-order valence-corrected chi connectivity index (χ2v) is 16.5. The number of carbonyl (C=O) groups excluding carboxylic acids is 2. The molecule has 6 atom stereocenters. The van der Waals surface area contributed by atoms with Gasteiger partial charge in [0, 0.05) is 30.8 Å². The van der Waals surface area contributed by atoms with Crippen LogP contribution in [0.15, 0.2) is 52.9 Å². The van der Waals surface area contributed by atoms with Gasteiger partial charge in [0.25, 0.3) is 11.8 Å². The predicted molar refractivity (Wildman–Crippen MR) is 190 cm³/mol. The molecule has 0 aromatic heterocycles. The summed E-state index contributed by atoms with van der Waals surface area (Å²) in [5, 5.41) is 0.0651. The second-order valence-electron chi connectivity index (χ2n) is 13.8. The van der Waals surface area contributed by atoms with E-state index in [0.29, 0.717) is 55.4 Å². The molecule has 12 heteroatoms. The number of anilines is 1. The normalized spacial score (nSPS) is 30.2. The van der Waals surface area contributed by atoms with E-state index in [1.54, 1.807) is 26.2 Å². The van der Waals surface area contributed by atoms with Crippen LogP contribution in [0.25, 0.3) is 0 Å². The number of fused-ring (bicyclic) bond motifs is 3. The molecule has 3 aliphatic heterocycles. The summed E-state index contributed by atoms with van der Waals surface area (Å²) in [4.78, 5) is 29.3. The second kappa shape index (κ2) is 15.9. The fraction of sp³-hybridized carbons (Fsp3) is 0.568. The lowest BCUT2D eigenvalue weighted by Crippen LogP contribution is -2.44. The van der Waals surface area contributed by atoms with Crippen molar-refractivity contribution in [3.63, 3.8) is 0 Å². The van der Waals surface area contributed by atoms with Gasteiger partial charge in [-0.2, -0.15) is 0 Å². The molecule has 1 unspecified atom stereocenters. The number of hydrogen-bond acceptors (Lipinski definition) is 8. The molecule has 0 radical (unpaired) electrons. The quantitative estimate of drug-likeness (QED) is 0.368. The molecule has 1 saturated carbocycles. The first kappa shape index (κ1) is 35.9. The molecule has 1 N–H and O–H groups in total. The number of halogens is 1. The minimum atomic E-state index is -3.57. The summed E-state index contributed by atoms with van der Waals surface area (Å²) >= 11 is 6.46. The summed E-state index contributed by atoms with van der Waals surface area (Å²) in [6, 6.07) is 11.4. The standard InChI is InChI=1S/C37H48ClN3O7S/c1-24-7-6-9-34(45-3)32-14-11-29(32)20-41-19-28-10-13-30(38)17-26(28)8-4-5-16-47-35-15-12-27(18-33(35)41)37(43)40-49(44,25(24)2)39-36(42)23-48-31-21-46-22-31/h6,9-10,12-13,15,17-18,24-25,29,31-32,34H,4-5,7-8,11,14,16,19-23H2,1-3H3,(H,39,40,42,43,44)/b9-6+/t24-,25+,29-,32+,34-,49?/m0/s1. The molecule has 1 aliphatic carbocycles. The first-order valence-corrected chi connectivity index (χ1v) is 19.4. The van der Waals surface area contributed by atoms with Gasteiger partial charge in [-0.1, -0.05) is 36.7 Å². The van der Waals surface area contributed by atoms with Crippen LogP contribution in [-0.2, 0) is 41.9 Å². The third kappa shape index (κ3) is 8.51. The Morgan fingerprint density at radius 2 is 1.96 bits per heavy atom. The molecule has 4 aliphatic rings. The van der Waals surface area contributed by atoms with Gasteiger partial charge in [-0.05, 0) is 105 Å². The molecule has 10 nitrogen and oxygen atoms in total. The Hall–Kier alpha value is -2.96. The zero-order chi connectivity index (χ0) is 34.5. The zero-order valence-electron chi connectivity index (χ0n) is 28.6. The Bertz CT molecular complexity index is 1670. The van der Waals surface area contributed by atoms with Crippen LogP contribution < -0.4 is 14.4 Å². The molecule has 49 heavy (non-hydrogen) atoms. The number of carbonyl (C=O) groups is 2. The van der Waals surface area contributed by atoms with Crippen molar-refractivity contribution in [1.82, 2.24) is 4.72 Å². The highest BCUT2D eigenvalue weighted by Crippen LogP contribution is 2.42. The van der Waals surface area contributed by atoms with Gasteiger partial charge in [0.1, 0.15) is 28.4 Å². The van der Waals surface area contributed by atoms with E-state index >= 15 is 0 Å². The third-order valence-electron chi connectivity index (χ3n) is 10.5. The highest BCUT2D eigenvalue weighted by atomic mass is 35.5. The summed E-state index contributed by atoms with van der Waals surface area (Å²) in [7, 11) is -1.82. The van der Waals surface area contributed by atoms with Crippen molar-refractivity contribution in [3.05, 3.63) is 70.3 Å². The smallest absolute Gasteiger partial charge is 0.286 e. The average Bonchev–Trinajstić information content (AvgIpc) is 3.07. The first-order chi connectivity index (χ1) is 23.6. The molecule has 3 heterocycles. The molecule has 1 saturated heterocycles. The highest BCUT2D eigenvalue weighted by molar-refractivity contribution is 7.93. The van der Waals surface area contributed by atoms with E-state index in [-0.39, 0.29) is 30.3 Å². The van der Waals surface area contributed by atoms with Crippen LogP contribution in [0.5, 0.6) is 5.75 Å². The molecule has 2 fully saturated rings. The monoisotopic (exact) mass is 713 g/mol. The Labute approximate surface area is 295 Å². The predicted octanol–water partition coefficient (Wildman–Crippen LogP) is 6.14. The van der Waals surface area contributed by atoms with Crippen LogP contribution in [0.2, 0.25) is 5.02 Å². The topological polar surface area (TPSA) is 116 Å². The number of amides is 2. The van der Waals surface area contributed by atoms with Crippen molar-refractivity contribution < 1.29 is 32.7 Å². The number of allylic oxidation sites excluding steroid dienone is 1. The molecule has 266 valence electrons. The Balaban J connectivity index is 1.43. The lowest BCUT2D eigenvalue weighted by atomic mass is 9.70. The van der Waals surface area contributed by atoms with E-state index in [4.69, 9.17) is 30.5 Å². The molecule has 2 amide bonds. The van der Waals surface area contributed by atoms with E-state index in [9.17, 15) is 13.8 Å². The number of benzene rings is 2. The van der Waals surface area contributed by atoms with Crippen molar-refractivity contribution >= 4 is 39.0 Å². The molecule has 2 bridgehead atoms. The summed E-state index contributed by atoms with van der Waals surface area (Å²) in [6.07, 6.45) is 9.34. The molecular formula is C37H48ClN3O7S. The van der Waals surface area contributed by atoms with Crippen LogP contribution in [0, 0.1) is 17.8 Å². The van der Waals surface area contributed by atoms with Gasteiger partial charge in [0.05, 0.1) is 36.9 Å². The Morgan fingerprint density at radius 1 is 1.12 bits per heavy atom. The molecule has 0 spiro atoms. The summed E-state index contributed by atoms with van der Waals surface area (Å²) in [5.41, 5.74) is 3.44. The number of ether oxygens (including phenoxy) is 4. The van der Waals surface area contributed by atoms with Gasteiger partial charge >= 0.3 is 0 Å². The lowest BCUT2D eigenvalue weighted by Gasteiger charge is -2.43. The maximum Gasteiger partial charge on any atom is 0.286 e. The number of nitrogens with zero attached hydrogens (tertiary/aromatic N) is 2. The number of aryl methyl sites for hydroxylation is 1. The van der Waals surface area contributed by atoms with Crippen molar-refractivity contribution in [2.45, 2.75) is 76.4 Å². The van der Waals surface area contributed by atoms with Crippen LogP contribution in [0.1, 0.15) is 67.4 Å². The van der Waals surface area contributed by atoms with Gasteiger partial charge in [0.2, 0.25) is 0 Å². The van der Waals surface area contributed by atoms with Crippen molar-refractivity contribution in [3.8, 4) is 5.75 Å². The zero-order valence-corrected chi connectivity index (χ0v) is 30.2. The Morgan fingerprint density at radius 3 is 2.69 bits per heavy atom. The molecule has 6 rings (SSSR count). The maximum absolute atomic E-state index is 14.6. The van der Waals surface area contributed by atoms with E-state index in [1.165, 1.54) is 11.1 Å². The molecular weight excluding hydrogens is 666 g/mol. The largest absolute Gasteiger partial charge is 0.491 e. The highest BCUT2D eigenvalue weighted by Gasteiger charge is 2.38. The number of rotatable bonds is 5. The third-order valence-corrected chi connectivity index (χ3v) is 13.1. The fourth-order valence-corrected chi connectivity index (χ4v) is 9.06. The van der Waals surface area contributed by atoms with Crippen LogP contribution in [-0.4, -0.2) is 73.6 Å². The maximum atomic E-state index is 14.6. The summed E-state index contributed by atoms with van der Waals surface area (Å²) < 4.78 is 44.6.